The fourth-order valence-corrected chi connectivity index (χ4v) is 3.35. The van der Waals surface area contributed by atoms with Gasteiger partial charge in [-0.25, -0.2) is 0 Å². The van der Waals surface area contributed by atoms with Gasteiger partial charge < -0.3 is 20.8 Å². The number of rotatable bonds is 2. The summed E-state index contributed by atoms with van der Waals surface area (Å²) in [6.45, 7) is 1.40. The van der Waals surface area contributed by atoms with Crippen LogP contribution in [-0.2, 0) is 29.0 Å². The molecule has 0 aliphatic carbocycles. The minimum absolute atomic E-state index is 0.421. The van der Waals surface area contributed by atoms with E-state index in [1.54, 1.807) is 0 Å². The summed E-state index contributed by atoms with van der Waals surface area (Å²) in [5.74, 6) is -1.57. The first-order valence-corrected chi connectivity index (χ1v) is 8.63. The molecule has 0 saturated heterocycles. The van der Waals surface area contributed by atoms with Gasteiger partial charge in [0.05, 0.1) is 0 Å². The number of nitrogens with one attached hydrogen (secondary N) is 2. The monoisotopic (exact) mass is 354 g/mol. The van der Waals surface area contributed by atoms with Crippen LogP contribution in [0.25, 0.3) is 0 Å². The Balaban J connectivity index is 0.000000151. The highest BCUT2D eigenvalue weighted by Crippen LogP contribution is 2.22. The van der Waals surface area contributed by atoms with Crippen LogP contribution in [0.15, 0.2) is 48.5 Å². The molecule has 6 heteroatoms. The van der Waals surface area contributed by atoms with Crippen molar-refractivity contribution in [3.05, 3.63) is 70.8 Å². The van der Waals surface area contributed by atoms with E-state index in [-0.39, 0.29) is 0 Å². The highest BCUT2D eigenvalue weighted by atomic mass is 16.4. The van der Waals surface area contributed by atoms with Crippen LogP contribution in [0.1, 0.15) is 28.3 Å². The molecule has 6 nitrogen and oxygen atoms in total. The molecule has 0 aromatic heterocycles. The van der Waals surface area contributed by atoms with E-state index in [0.29, 0.717) is 13.0 Å². The smallest absolute Gasteiger partial charge is 0.325 e. The molecule has 4 rings (SSSR count). The van der Waals surface area contributed by atoms with Gasteiger partial charge in [0.25, 0.3) is 0 Å². The Morgan fingerprint density at radius 3 is 2.19 bits per heavy atom. The van der Waals surface area contributed by atoms with Gasteiger partial charge in [0, 0.05) is 13.1 Å². The minimum Gasteiger partial charge on any atom is -0.480 e. The predicted octanol–water partition coefficient (Wildman–Crippen LogP) is 1.74. The van der Waals surface area contributed by atoms with Gasteiger partial charge in [0.1, 0.15) is 12.1 Å². The van der Waals surface area contributed by atoms with Gasteiger partial charge in [-0.1, -0.05) is 48.5 Å². The number of aliphatic carboxylic acids is 2. The quantitative estimate of drug-likeness (QED) is 0.656. The molecule has 0 saturated carbocycles. The van der Waals surface area contributed by atoms with Crippen molar-refractivity contribution >= 4 is 11.9 Å². The maximum atomic E-state index is 10.9. The molecule has 2 aromatic carbocycles. The van der Waals surface area contributed by atoms with Gasteiger partial charge in [-0.05, 0) is 35.1 Å². The lowest BCUT2D eigenvalue weighted by Crippen LogP contribution is -2.41. The van der Waals surface area contributed by atoms with Crippen LogP contribution in [0, 0.1) is 0 Å². The average Bonchev–Trinajstić information content (AvgIpc) is 2.67. The molecule has 0 fully saturated rings. The first kappa shape index (κ1) is 18.1. The van der Waals surface area contributed by atoms with E-state index in [9.17, 15) is 9.59 Å². The SMILES string of the molecule is O=C(O)C1Cc2ccccc2CN1.O=C(O)C1NCCc2ccccc21. The third-order valence-electron chi connectivity index (χ3n) is 4.74. The number of carbonyl (C=O) groups is 2. The van der Waals surface area contributed by atoms with Crippen LogP contribution in [0.2, 0.25) is 0 Å². The molecule has 0 amide bonds. The Morgan fingerprint density at radius 2 is 1.50 bits per heavy atom. The maximum Gasteiger partial charge on any atom is 0.325 e. The number of hydrogen-bond acceptors (Lipinski definition) is 4. The summed E-state index contributed by atoms with van der Waals surface area (Å²) in [4.78, 5) is 21.6. The summed E-state index contributed by atoms with van der Waals surface area (Å²) in [5, 5.41) is 23.7. The third-order valence-corrected chi connectivity index (χ3v) is 4.74. The summed E-state index contributed by atoms with van der Waals surface area (Å²) in [5.41, 5.74) is 4.41. The van der Waals surface area contributed by atoms with E-state index in [1.165, 1.54) is 5.56 Å². The number of benzene rings is 2. The van der Waals surface area contributed by atoms with Crippen molar-refractivity contribution in [1.29, 1.82) is 0 Å². The van der Waals surface area contributed by atoms with Crippen LogP contribution in [0.3, 0.4) is 0 Å². The molecule has 136 valence electrons. The van der Waals surface area contributed by atoms with Gasteiger partial charge in [0.15, 0.2) is 0 Å². The van der Waals surface area contributed by atoms with E-state index in [1.807, 2.05) is 48.5 Å². The summed E-state index contributed by atoms with van der Waals surface area (Å²) in [7, 11) is 0. The standard InChI is InChI=1S/2C10H11NO2/c12-10(13)9-5-7-3-1-2-4-8(7)6-11-9;12-10(13)9-8-4-2-1-3-7(8)5-6-11-9/h2*1-4,9,11H,5-6H2,(H,12,13). The molecular formula is C20H22N2O4. The van der Waals surface area contributed by atoms with Crippen molar-refractivity contribution in [3.63, 3.8) is 0 Å². The van der Waals surface area contributed by atoms with Crippen molar-refractivity contribution in [2.75, 3.05) is 6.54 Å². The van der Waals surface area contributed by atoms with Crippen LogP contribution in [-0.4, -0.2) is 34.7 Å². The van der Waals surface area contributed by atoms with E-state index in [4.69, 9.17) is 10.2 Å². The zero-order valence-electron chi connectivity index (χ0n) is 14.3. The van der Waals surface area contributed by atoms with Crippen molar-refractivity contribution in [2.24, 2.45) is 0 Å². The van der Waals surface area contributed by atoms with Gasteiger partial charge in [0.2, 0.25) is 0 Å². The molecule has 2 heterocycles. The summed E-state index contributed by atoms with van der Waals surface area (Å²) in [6, 6.07) is 14.7. The normalized spacial score (nSPS) is 20.8. The van der Waals surface area contributed by atoms with E-state index in [2.05, 4.69) is 10.6 Å². The van der Waals surface area contributed by atoms with E-state index < -0.39 is 24.0 Å². The number of fused-ring (bicyclic) bond motifs is 2. The molecule has 0 radical (unpaired) electrons. The van der Waals surface area contributed by atoms with Crippen molar-refractivity contribution in [1.82, 2.24) is 10.6 Å². The molecule has 2 aliphatic heterocycles. The van der Waals surface area contributed by atoms with Gasteiger partial charge in [-0.15, -0.1) is 0 Å². The summed E-state index contributed by atoms with van der Waals surface area (Å²) < 4.78 is 0. The summed E-state index contributed by atoms with van der Waals surface area (Å²) >= 11 is 0. The van der Waals surface area contributed by atoms with Crippen molar-refractivity contribution < 1.29 is 19.8 Å². The molecule has 2 unspecified atom stereocenters. The second-order valence-corrected chi connectivity index (χ2v) is 6.42. The Hall–Kier alpha value is -2.70. The minimum atomic E-state index is -0.799. The highest BCUT2D eigenvalue weighted by molar-refractivity contribution is 5.76. The first-order valence-electron chi connectivity index (χ1n) is 8.63. The average molecular weight is 354 g/mol. The van der Waals surface area contributed by atoms with E-state index in [0.717, 1.165) is 29.7 Å². The molecule has 26 heavy (non-hydrogen) atoms. The highest BCUT2D eigenvalue weighted by Gasteiger charge is 2.24. The lowest BCUT2D eigenvalue weighted by atomic mass is 9.95. The Labute approximate surface area is 151 Å². The molecule has 4 N–H and O–H groups in total. The second kappa shape index (κ2) is 8.12. The number of carboxylic acids is 2. The molecule has 2 aliphatic rings. The van der Waals surface area contributed by atoms with Crippen LogP contribution in [0.4, 0.5) is 0 Å². The van der Waals surface area contributed by atoms with E-state index >= 15 is 0 Å². The topological polar surface area (TPSA) is 98.7 Å². The van der Waals surface area contributed by atoms with Crippen molar-refractivity contribution in [2.45, 2.75) is 31.5 Å². The first-order chi connectivity index (χ1) is 12.6. The molecule has 0 bridgehead atoms. The lowest BCUT2D eigenvalue weighted by Gasteiger charge is -2.23. The number of carboxylic acid groups (broad SMARTS) is 2. The Morgan fingerprint density at radius 1 is 0.846 bits per heavy atom. The van der Waals surface area contributed by atoms with Crippen LogP contribution in [0.5, 0.6) is 0 Å². The largest absolute Gasteiger partial charge is 0.480 e. The lowest BCUT2D eigenvalue weighted by molar-refractivity contribution is -0.140. The van der Waals surface area contributed by atoms with Crippen molar-refractivity contribution in [3.8, 4) is 0 Å². The zero-order chi connectivity index (χ0) is 18.5. The molecule has 2 atom stereocenters. The third kappa shape index (κ3) is 4.09. The maximum absolute atomic E-state index is 10.9. The zero-order valence-corrected chi connectivity index (χ0v) is 14.3. The molecule has 2 aromatic rings. The van der Waals surface area contributed by atoms with Gasteiger partial charge in [-0.2, -0.15) is 0 Å². The Kier molecular flexibility index (Phi) is 5.65. The van der Waals surface area contributed by atoms with Gasteiger partial charge in [-0.3, -0.25) is 9.59 Å². The van der Waals surface area contributed by atoms with Crippen LogP contribution < -0.4 is 10.6 Å². The fraction of sp³-hybridized carbons (Fsp3) is 0.300. The predicted molar refractivity (Wildman–Crippen MR) is 96.9 cm³/mol. The molecular weight excluding hydrogens is 332 g/mol. The Bertz CT molecular complexity index is 806. The second-order valence-electron chi connectivity index (χ2n) is 6.42. The summed E-state index contributed by atoms with van der Waals surface area (Å²) in [6.07, 6.45) is 1.51. The number of hydrogen-bond donors (Lipinski definition) is 4. The van der Waals surface area contributed by atoms with Gasteiger partial charge >= 0.3 is 11.9 Å². The molecule has 0 spiro atoms. The van der Waals surface area contributed by atoms with Crippen LogP contribution >= 0.6 is 0 Å². The fourth-order valence-electron chi connectivity index (χ4n) is 3.35.